The van der Waals surface area contributed by atoms with Gasteiger partial charge in [-0.2, -0.15) is 0 Å². The van der Waals surface area contributed by atoms with Gasteiger partial charge in [-0.15, -0.1) is 0 Å². The second kappa shape index (κ2) is 7.85. The van der Waals surface area contributed by atoms with E-state index >= 15 is 0 Å². The summed E-state index contributed by atoms with van der Waals surface area (Å²) >= 11 is 0. The number of ether oxygens (including phenoxy) is 1. The number of carbonyl (C=O) groups excluding carboxylic acids is 1. The molecule has 0 aliphatic heterocycles. The Morgan fingerprint density at radius 1 is 1.21 bits per heavy atom. The first-order valence-electron chi connectivity index (χ1n) is 7.09. The fourth-order valence-electron chi connectivity index (χ4n) is 2.33. The van der Waals surface area contributed by atoms with E-state index in [2.05, 4.69) is 16.4 Å². The first-order chi connectivity index (χ1) is 9.03. The minimum absolute atomic E-state index is 0.0665. The van der Waals surface area contributed by atoms with Crippen molar-refractivity contribution in [1.29, 1.82) is 0 Å². The third-order valence-electron chi connectivity index (χ3n) is 3.65. The van der Waals surface area contributed by atoms with Gasteiger partial charge in [0.25, 0.3) is 6.47 Å². The SMILES string of the molecule is CCC1CCC(NS(=O)(=O)C2CC2)C1.CCOC=O. The number of rotatable bonds is 6. The molecule has 0 spiro atoms. The number of hydrogen-bond donors (Lipinski definition) is 1. The largest absolute Gasteiger partial charge is 0.468 e. The standard InChI is InChI=1S/C10H19NO2S.C3H6O2/c1-2-8-3-4-9(7-8)11-14(12,13)10-5-6-10;1-2-5-3-4/h8-11H,2-7H2,1H3;3H,2H2,1H3. The van der Waals surface area contributed by atoms with Crippen LogP contribution in [0.25, 0.3) is 0 Å². The number of sulfonamides is 1. The molecule has 2 rings (SSSR count). The number of carbonyl (C=O) groups is 1. The van der Waals surface area contributed by atoms with E-state index < -0.39 is 10.0 Å². The molecule has 0 radical (unpaired) electrons. The van der Waals surface area contributed by atoms with E-state index in [0.717, 1.165) is 31.6 Å². The summed E-state index contributed by atoms with van der Waals surface area (Å²) in [6, 6.07) is 0.227. The molecule has 19 heavy (non-hydrogen) atoms. The third kappa shape index (κ3) is 5.91. The zero-order valence-electron chi connectivity index (χ0n) is 11.8. The molecule has 5 nitrogen and oxygen atoms in total. The van der Waals surface area contributed by atoms with Crippen LogP contribution in [0, 0.1) is 5.92 Å². The van der Waals surface area contributed by atoms with Crippen molar-refractivity contribution in [2.24, 2.45) is 5.92 Å². The van der Waals surface area contributed by atoms with E-state index in [1.807, 2.05) is 0 Å². The van der Waals surface area contributed by atoms with E-state index in [1.54, 1.807) is 6.92 Å². The molecule has 0 aromatic heterocycles. The first-order valence-corrected chi connectivity index (χ1v) is 8.64. The fourth-order valence-corrected chi connectivity index (χ4v) is 3.96. The molecule has 0 aromatic carbocycles. The van der Waals surface area contributed by atoms with Crippen LogP contribution in [0.4, 0.5) is 0 Å². The van der Waals surface area contributed by atoms with Gasteiger partial charge >= 0.3 is 0 Å². The third-order valence-corrected chi connectivity index (χ3v) is 5.66. The average Bonchev–Trinajstić information content (AvgIpc) is 3.14. The minimum atomic E-state index is -2.95. The van der Waals surface area contributed by atoms with Crippen LogP contribution in [0.2, 0.25) is 0 Å². The van der Waals surface area contributed by atoms with E-state index in [9.17, 15) is 13.2 Å². The summed E-state index contributed by atoms with van der Waals surface area (Å²) in [5, 5.41) is -0.0665. The predicted octanol–water partition coefficient (Wildman–Crippen LogP) is 1.83. The molecule has 2 atom stereocenters. The Morgan fingerprint density at radius 2 is 1.89 bits per heavy atom. The maximum absolute atomic E-state index is 11.6. The summed E-state index contributed by atoms with van der Waals surface area (Å²) in [5.74, 6) is 0.738. The molecule has 2 fully saturated rings. The Kier molecular flexibility index (Phi) is 6.79. The van der Waals surface area contributed by atoms with E-state index in [-0.39, 0.29) is 11.3 Å². The van der Waals surface area contributed by atoms with Crippen LogP contribution < -0.4 is 4.72 Å². The van der Waals surface area contributed by atoms with Crippen molar-refractivity contribution in [1.82, 2.24) is 4.72 Å². The van der Waals surface area contributed by atoms with Gasteiger partial charge in [-0.25, -0.2) is 13.1 Å². The molecule has 0 saturated heterocycles. The summed E-state index contributed by atoms with van der Waals surface area (Å²) in [6.45, 7) is 4.85. The van der Waals surface area contributed by atoms with Gasteiger partial charge < -0.3 is 4.74 Å². The topological polar surface area (TPSA) is 72.5 Å². The zero-order valence-corrected chi connectivity index (χ0v) is 12.6. The van der Waals surface area contributed by atoms with Crippen LogP contribution >= 0.6 is 0 Å². The van der Waals surface area contributed by atoms with Gasteiger partial charge in [0.05, 0.1) is 11.9 Å². The molecular weight excluding hydrogens is 266 g/mol. The second-order valence-corrected chi connectivity index (χ2v) is 7.19. The van der Waals surface area contributed by atoms with Gasteiger partial charge in [0.1, 0.15) is 0 Å². The Hall–Kier alpha value is -0.620. The smallest absolute Gasteiger partial charge is 0.293 e. The predicted molar refractivity (Wildman–Crippen MR) is 74.2 cm³/mol. The highest BCUT2D eigenvalue weighted by molar-refractivity contribution is 7.90. The molecule has 6 heteroatoms. The van der Waals surface area contributed by atoms with E-state index in [4.69, 9.17) is 0 Å². The highest BCUT2D eigenvalue weighted by Crippen LogP contribution is 2.32. The summed E-state index contributed by atoms with van der Waals surface area (Å²) in [7, 11) is -2.95. The Morgan fingerprint density at radius 3 is 2.26 bits per heavy atom. The van der Waals surface area contributed by atoms with Gasteiger partial charge in [-0.05, 0) is 44.9 Å². The molecule has 2 aliphatic rings. The van der Waals surface area contributed by atoms with E-state index in [1.165, 1.54) is 12.8 Å². The maximum Gasteiger partial charge on any atom is 0.293 e. The minimum Gasteiger partial charge on any atom is -0.468 e. The summed E-state index contributed by atoms with van der Waals surface area (Å²) in [4.78, 5) is 9.18. The molecule has 2 unspecified atom stereocenters. The van der Waals surface area contributed by atoms with Crippen molar-refractivity contribution >= 4 is 16.5 Å². The fraction of sp³-hybridized carbons (Fsp3) is 0.923. The lowest BCUT2D eigenvalue weighted by molar-refractivity contribution is -0.128. The van der Waals surface area contributed by atoms with Crippen molar-refractivity contribution in [3.8, 4) is 0 Å². The van der Waals surface area contributed by atoms with Crippen LogP contribution in [0.3, 0.4) is 0 Å². The van der Waals surface area contributed by atoms with Crippen LogP contribution in [0.15, 0.2) is 0 Å². The lowest BCUT2D eigenvalue weighted by atomic mass is 10.1. The van der Waals surface area contributed by atoms with Gasteiger partial charge in [0.15, 0.2) is 0 Å². The maximum atomic E-state index is 11.6. The second-order valence-electron chi connectivity index (χ2n) is 5.20. The quantitative estimate of drug-likeness (QED) is 0.758. The molecule has 0 aromatic rings. The molecule has 0 amide bonds. The highest BCUT2D eigenvalue weighted by atomic mass is 32.2. The van der Waals surface area contributed by atoms with Crippen LogP contribution in [0.1, 0.15) is 52.4 Å². The van der Waals surface area contributed by atoms with Gasteiger partial charge in [-0.1, -0.05) is 13.3 Å². The van der Waals surface area contributed by atoms with Crippen LogP contribution in [-0.2, 0) is 19.6 Å². The number of hydrogen-bond acceptors (Lipinski definition) is 4. The normalized spacial score (nSPS) is 26.4. The van der Waals surface area contributed by atoms with Gasteiger partial charge in [0, 0.05) is 6.04 Å². The summed E-state index contributed by atoms with van der Waals surface area (Å²) < 4.78 is 30.3. The Bertz CT molecular complexity index is 365. The van der Waals surface area contributed by atoms with Crippen molar-refractivity contribution in [2.45, 2.75) is 63.7 Å². The lowest BCUT2D eigenvalue weighted by Crippen LogP contribution is -2.35. The molecule has 0 bridgehead atoms. The van der Waals surface area contributed by atoms with Crippen molar-refractivity contribution in [3.05, 3.63) is 0 Å². The molecule has 0 heterocycles. The van der Waals surface area contributed by atoms with Crippen molar-refractivity contribution in [3.63, 3.8) is 0 Å². The summed E-state index contributed by atoms with van der Waals surface area (Å²) in [6.07, 6.45) is 6.17. The van der Waals surface area contributed by atoms with Crippen molar-refractivity contribution in [2.75, 3.05) is 6.61 Å². The monoisotopic (exact) mass is 291 g/mol. The Labute approximate surface area is 116 Å². The number of nitrogens with one attached hydrogen (secondary N) is 1. The molecule has 1 N–H and O–H groups in total. The molecule has 2 aliphatic carbocycles. The van der Waals surface area contributed by atoms with E-state index in [0.29, 0.717) is 13.1 Å². The molecular formula is C13H25NO4S. The van der Waals surface area contributed by atoms with Crippen LogP contribution in [-0.4, -0.2) is 32.8 Å². The highest BCUT2D eigenvalue weighted by Gasteiger charge is 2.38. The summed E-state index contributed by atoms with van der Waals surface area (Å²) in [5.41, 5.74) is 0. The van der Waals surface area contributed by atoms with Gasteiger partial charge in [0.2, 0.25) is 10.0 Å². The lowest BCUT2D eigenvalue weighted by Gasteiger charge is -2.12. The van der Waals surface area contributed by atoms with Crippen molar-refractivity contribution < 1.29 is 17.9 Å². The molecule has 2 saturated carbocycles. The Balaban J connectivity index is 0.000000312. The molecule has 112 valence electrons. The van der Waals surface area contributed by atoms with Crippen LogP contribution in [0.5, 0.6) is 0 Å². The average molecular weight is 291 g/mol. The zero-order chi connectivity index (χ0) is 14.3. The first kappa shape index (κ1) is 16.4. The van der Waals surface area contributed by atoms with Gasteiger partial charge in [-0.3, -0.25) is 4.79 Å².